The minimum absolute atomic E-state index is 0.127. The Morgan fingerprint density at radius 3 is 2.86 bits per heavy atom. The van der Waals surface area contributed by atoms with Crippen LogP contribution < -0.4 is 10.6 Å². The number of thiophene rings is 1. The molecule has 9 heteroatoms. The molecule has 0 unspecified atom stereocenters. The molecule has 0 saturated carbocycles. The van der Waals surface area contributed by atoms with Crippen molar-refractivity contribution >= 4 is 28.2 Å². The van der Waals surface area contributed by atoms with E-state index < -0.39 is 0 Å². The van der Waals surface area contributed by atoms with Crippen LogP contribution in [0.3, 0.4) is 0 Å². The predicted octanol–water partition coefficient (Wildman–Crippen LogP) is 2.66. The van der Waals surface area contributed by atoms with Crippen LogP contribution in [0.25, 0.3) is 0 Å². The second-order valence-electron chi connectivity index (χ2n) is 6.80. The number of methoxy groups -OCH3 is 1. The van der Waals surface area contributed by atoms with Crippen LogP contribution in [-0.4, -0.2) is 42.2 Å². The van der Waals surface area contributed by atoms with Crippen molar-refractivity contribution in [3.8, 4) is 0 Å². The molecule has 2 aromatic heterocycles. The fourth-order valence-corrected chi connectivity index (χ4v) is 4.56. The number of hydrogen-bond acceptors (Lipinski definition) is 7. The topological polar surface area (TPSA) is 106 Å². The van der Waals surface area contributed by atoms with E-state index >= 15 is 0 Å². The third-order valence-electron chi connectivity index (χ3n) is 4.60. The zero-order chi connectivity index (χ0) is 19.9. The summed E-state index contributed by atoms with van der Waals surface area (Å²) in [6, 6.07) is 0. The molecule has 0 bridgehead atoms. The van der Waals surface area contributed by atoms with Crippen LogP contribution in [-0.2, 0) is 28.8 Å². The number of anilines is 1. The molecule has 1 aliphatic rings. The van der Waals surface area contributed by atoms with Crippen molar-refractivity contribution in [2.45, 2.75) is 51.9 Å². The molecule has 1 aliphatic carbocycles. The summed E-state index contributed by atoms with van der Waals surface area (Å²) >= 11 is 1.52. The third kappa shape index (κ3) is 5.17. The average molecular weight is 407 g/mol. The van der Waals surface area contributed by atoms with Crippen LogP contribution in [0.5, 0.6) is 0 Å². The Morgan fingerprint density at radius 2 is 2.11 bits per heavy atom. The van der Waals surface area contributed by atoms with Crippen LogP contribution in [0.1, 0.15) is 58.2 Å². The molecule has 2 N–H and O–H groups in total. The van der Waals surface area contributed by atoms with Crippen LogP contribution in [0.15, 0.2) is 4.52 Å². The lowest BCUT2D eigenvalue weighted by Crippen LogP contribution is -2.27. The number of ether oxygens (including phenoxy) is 1. The molecular formula is C19H26N4O4S. The van der Waals surface area contributed by atoms with Crippen molar-refractivity contribution in [2.24, 2.45) is 0 Å². The van der Waals surface area contributed by atoms with Gasteiger partial charge in [-0.3, -0.25) is 9.59 Å². The zero-order valence-electron chi connectivity index (χ0n) is 16.3. The highest BCUT2D eigenvalue weighted by Crippen LogP contribution is 2.38. The fraction of sp³-hybridized carbons (Fsp3) is 0.579. The second kappa shape index (κ2) is 9.79. The van der Waals surface area contributed by atoms with Gasteiger partial charge in [0.2, 0.25) is 11.8 Å². The first-order valence-corrected chi connectivity index (χ1v) is 10.4. The van der Waals surface area contributed by atoms with E-state index in [1.165, 1.54) is 16.2 Å². The summed E-state index contributed by atoms with van der Waals surface area (Å²) in [7, 11) is 1.64. The molecule has 2 heterocycles. The maximum Gasteiger partial charge on any atom is 0.254 e. The maximum absolute atomic E-state index is 12.8. The van der Waals surface area contributed by atoms with Gasteiger partial charge in [0.25, 0.3) is 5.91 Å². The number of hydrogen-bond donors (Lipinski definition) is 2. The van der Waals surface area contributed by atoms with Gasteiger partial charge in [0.15, 0.2) is 5.82 Å². The SMILES string of the molecule is COCCCNC(=O)c1c(NC(=O)CCc2nc(C)no2)sc2c1CCCC2. The summed E-state index contributed by atoms with van der Waals surface area (Å²) < 4.78 is 10.1. The Bertz CT molecular complexity index is 830. The van der Waals surface area contributed by atoms with E-state index in [1.54, 1.807) is 14.0 Å². The Balaban J connectivity index is 1.67. The number of carbonyl (C=O) groups excluding carboxylic acids is 2. The first-order valence-electron chi connectivity index (χ1n) is 9.59. The quantitative estimate of drug-likeness (QED) is 0.620. The van der Waals surface area contributed by atoms with Gasteiger partial charge in [-0.15, -0.1) is 11.3 Å². The molecule has 0 fully saturated rings. The zero-order valence-corrected chi connectivity index (χ0v) is 17.1. The van der Waals surface area contributed by atoms with E-state index in [4.69, 9.17) is 9.26 Å². The van der Waals surface area contributed by atoms with E-state index in [0.717, 1.165) is 37.7 Å². The van der Waals surface area contributed by atoms with E-state index in [1.807, 2.05) is 0 Å². The Hall–Kier alpha value is -2.26. The third-order valence-corrected chi connectivity index (χ3v) is 5.80. The highest BCUT2D eigenvalue weighted by molar-refractivity contribution is 7.17. The van der Waals surface area contributed by atoms with Crippen molar-refractivity contribution in [3.05, 3.63) is 27.7 Å². The largest absolute Gasteiger partial charge is 0.385 e. The van der Waals surface area contributed by atoms with Crippen LogP contribution >= 0.6 is 11.3 Å². The molecule has 0 radical (unpaired) electrons. The second-order valence-corrected chi connectivity index (χ2v) is 7.91. The number of rotatable bonds is 9. The molecule has 0 aromatic carbocycles. The highest BCUT2D eigenvalue weighted by atomic mass is 32.1. The fourth-order valence-electron chi connectivity index (χ4n) is 3.25. The molecule has 28 heavy (non-hydrogen) atoms. The summed E-state index contributed by atoms with van der Waals surface area (Å²) in [4.78, 5) is 30.5. The maximum atomic E-state index is 12.8. The number of aromatic nitrogens is 2. The Kier molecular flexibility index (Phi) is 7.16. The molecule has 2 amide bonds. The van der Waals surface area contributed by atoms with E-state index in [-0.39, 0.29) is 18.2 Å². The van der Waals surface area contributed by atoms with Crippen molar-refractivity contribution in [2.75, 3.05) is 25.6 Å². The smallest absolute Gasteiger partial charge is 0.254 e. The van der Waals surface area contributed by atoms with Gasteiger partial charge >= 0.3 is 0 Å². The van der Waals surface area contributed by atoms with Gasteiger partial charge in [-0.25, -0.2) is 0 Å². The molecule has 3 rings (SSSR count). The minimum Gasteiger partial charge on any atom is -0.385 e. The Labute approximate surface area is 168 Å². The Morgan fingerprint density at radius 1 is 1.29 bits per heavy atom. The van der Waals surface area contributed by atoms with Crippen LogP contribution in [0.4, 0.5) is 5.00 Å². The van der Waals surface area contributed by atoms with Gasteiger partial charge in [-0.2, -0.15) is 4.98 Å². The van der Waals surface area contributed by atoms with Crippen LogP contribution in [0.2, 0.25) is 0 Å². The first-order chi connectivity index (χ1) is 13.6. The minimum atomic E-state index is -0.164. The van der Waals surface area contributed by atoms with Gasteiger partial charge in [0.1, 0.15) is 5.00 Å². The van der Waals surface area contributed by atoms with Crippen molar-refractivity contribution in [1.82, 2.24) is 15.5 Å². The number of carbonyl (C=O) groups is 2. The van der Waals surface area contributed by atoms with E-state index in [9.17, 15) is 9.59 Å². The highest BCUT2D eigenvalue weighted by Gasteiger charge is 2.26. The van der Waals surface area contributed by atoms with Gasteiger partial charge in [0, 0.05) is 38.0 Å². The average Bonchev–Trinajstić information content (AvgIpc) is 3.26. The lowest BCUT2D eigenvalue weighted by atomic mass is 9.95. The number of fused-ring (bicyclic) bond motifs is 1. The van der Waals surface area contributed by atoms with Crippen molar-refractivity contribution < 1.29 is 18.8 Å². The first kappa shape index (κ1) is 20.5. The summed E-state index contributed by atoms with van der Waals surface area (Å²) in [6.07, 6.45) is 5.37. The van der Waals surface area contributed by atoms with E-state index in [2.05, 4.69) is 20.8 Å². The van der Waals surface area contributed by atoms with Gasteiger partial charge in [-0.05, 0) is 44.6 Å². The summed E-state index contributed by atoms with van der Waals surface area (Å²) in [6.45, 7) is 2.88. The lowest BCUT2D eigenvalue weighted by molar-refractivity contribution is -0.116. The predicted molar refractivity (Wildman–Crippen MR) is 106 cm³/mol. The molecule has 8 nitrogen and oxygen atoms in total. The molecular weight excluding hydrogens is 380 g/mol. The number of nitrogens with one attached hydrogen (secondary N) is 2. The normalized spacial score (nSPS) is 13.2. The van der Waals surface area contributed by atoms with E-state index in [0.29, 0.717) is 41.9 Å². The molecule has 2 aromatic rings. The number of nitrogens with zero attached hydrogens (tertiary/aromatic N) is 2. The number of amides is 2. The lowest BCUT2D eigenvalue weighted by Gasteiger charge is -2.13. The van der Waals surface area contributed by atoms with Crippen molar-refractivity contribution in [1.29, 1.82) is 0 Å². The van der Waals surface area contributed by atoms with Gasteiger partial charge < -0.3 is 19.9 Å². The monoisotopic (exact) mass is 406 g/mol. The standard InChI is InChI=1S/C19H26N4O4S/c1-12-21-16(27-23-12)9-8-15(24)22-19-17(18(25)20-10-5-11-26-2)13-6-3-4-7-14(13)28-19/h3-11H2,1-2H3,(H,20,25)(H,22,24). The van der Waals surface area contributed by atoms with Gasteiger partial charge in [0.05, 0.1) is 5.56 Å². The molecule has 0 aliphatic heterocycles. The van der Waals surface area contributed by atoms with Crippen LogP contribution in [0, 0.1) is 6.92 Å². The van der Waals surface area contributed by atoms with Crippen molar-refractivity contribution in [3.63, 3.8) is 0 Å². The molecule has 0 atom stereocenters. The molecule has 0 saturated heterocycles. The van der Waals surface area contributed by atoms with Gasteiger partial charge in [-0.1, -0.05) is 5.16 Å². The summed E-state index contributed by atoms with van der Waals surface area (Å²) in [5.74, 6) is 0.698. The number of aryl methyl sites for hydroxylation is 3. The molecule has 0 spiro atoms. The summed E-state index contributed by atoms with van der Waals surface area (Å²) in [5.41, 5.74) is 1.71. The summed E-state index contributed by atoms with van der Waals surface area (Å²) in [5, 5.41) is 10.2. The molecule has 152 valence electrons.